The van der Waals surface area contributed by atoms with Crippen molar-refractivity contribution in [2.24, 2.45) is 5.92 Å². The van der Waals surface area contributed by atoms with Gasteiger partial charge in [-0.05, 0) is 51.3 Å². The van der Waals surface area contributed by atoms with Gasteiger partial charge in [0.15, 0.2) is 5.65 Å². The first-order chi connectivity index (χ1) is 11.0. The predicted molar refractivity (Wildman–Crippen MR) is 92.9 cm³/mol. The Labute approximate surface area is 136 Å². The zero-order chi connectivity index (χ0) is 16.1. The van der Waals surface area contributed by atoms with Crippen LogP contribution in [0.15, 0.2) is 6.07 Å². The van der Waals surface area contributed by atoms with Crippen LogP contribution in [-0.2, 0) is 0 Å². The maximum absolute atomic E-state index is 4.69. The van der Waals surface area contributed by atoms with Gasteiger partial charge in [0.25, 0.3) is 0 Å². The highest BCUT2D eigenvalue weighted by molar-refractivity contribution is 5.90. The van der Waals surface area contributed by atoms with E-state index in [9.17, 15) is 0 Å². The second kappa shape index (κ2) is 5.30. The molecule has 2 fully saturated rings. The molecule has 2 bridgehead atoms. The lowest BCUT2D eigenvalue weighted by Crippen LogP contribution is -2.38. The van der Waals surface area contributed by atoms with Crippen molar-refractivity contribution in [1.82, 2.24) is 19.9 Å². The summed E-state index contributed by atoms with van der Waals surface area (Å²) in [7, 11) is 4.12. The Morgan fingerprint density at radius 2 is 2.00 bits per heavy atom. The lowest BCUT2D eigenvalue weighted by molar-refractivity contribution is 0.250. The number of pyridine rings is 1. The average Bonchev–Trinajstić information content (AvgIpc) is 3.04. The summed E-state index contributed by atoms with van der Waals surface area (Å²) >= 11 is 0. The maximum Gasteiger partial charge on any atom is 0.226 e. The third-order valence-electron chi connectivity index (χ3n) is 5.36. The van der Waals surface area contributed by atoms with Crippen LogP contribution in [0.4, 0.5) is 11.8 Å². The van der Waals surface area contributed by atoms with Gasteiger partial charge in [0.05, 0.1) is 5.39 Å². The quantitative estimate of drug-likeness (QED) is 0.905. The van der Waals surface area contributed by atoms with Crippen LogP contribution < -0.4 is 10.6 Å². The molecule has 6 heteroatoms. The van der Waals surface area contributed by atoms with E-state index in [2.05, 4.69) is 50.5 Å². The lowest BCUT2D eigenvalue weighted by atomic mass is 10.0. The molecule has 1 aliphatic carbocycles. The normalized spacial score (nSPS) is 26.9. The number of nitrogens with one attached hydrogen (secondary N) is 2. The van der Waals surface area contributed by atoms with E-state index in [4.69, 9.17) is 0 Å². The van der Waals surface area contributed by atoms with Crippen molar-refractivity contribution >= 4 is 22.8 Å². The third-order valence-corrected chi connectivity index (χ3v) is 5.36. The molecular weight excluding hydrogens is 288 g/mol. The molecule has 23 heavy (non-hydrogen) atoms. The summed E-state index contributed by atoms with van der Waals surface area (Å²) in [6, 6.07) is 3.26. The van der Waals surface area contributed by atoms with Crippen molar-refractivity contribution in [2.75, 3.05) is 31.3 Å². The zero-order valence-electron chi connectivity index (χ0n) is 14.2. The van der Waals surface area contributed by atoms with Crippen molar-refractivity contribution in [2.45, 2.75) is 38.8 Å². The summed E-state index contributed by atoms with van der Waals surface area (Å²) in [6.45, 7) is 5.26. The van der Waals surface area contributed by atoms with Crippen LogP contribution in [0.1, 0.15) is 24.1 Å². The minimum Gasteiger partial charge on any atom is -0.372 e. The van der Waals surface area contributed by atoms with E-state index >= 15 is 0 Å². The van der Waals surface area contributed by atoms with E-state index in [1.807, 2.05) is 14.0 Å². The minimum atomic E-state index is 0.476. The summed E-state index contributed by atoms with van der Waals surface area (Å²) in [5.74, 6) is 2.25. The van der Waals surface area contributed by atoms with Gasteiger partial charge in [0.2, 0.25) is 5.95 Å². The van der Waals surface area contributed by atoms with Crippen LogP contribution in [-0.4, -0.2) is 52.6 Å². The maximum atomic E-state index is 4.69. The molecule has 3 heterocycles. The first-order valence-electron chi connectivity index (χ1n) is 8.35. The number of aromatic nitrogens is 3. The van der Waals surface area contributed by atoms with Crippen LogP contribution in [0, 0.1) is 19.8 Å². The highest BCUT2D eigenvalue weighted by atomic mass is 15.2. The first-order valence-corrected chi connectivity index (χ1v) is 8.35. The number of fused-ring (bicyclic) bond motifs is 3. The topological polar surface area (TPSA) is 66.0 Å². The van der Waals surface area contributed by atoms with Crippen molar-refractivity contribution in [3.05, 3.63) is 17.3 Å². The summed E-state index contributed by atoms with van der Waals surface area (Å²) < 4.78 is 0. The number of nitrogens with zero attached hydrogens (tertiary/aromatic N) is 4. The SMILES string of the molecule is CNc1nc(N[C@@H]2CC3C[C@H]2CN3C)nc2nc(C)cc(C)c12. The van der Waals surface area contributed by atoms with Crippen LogP contribution >= 0.6 is 0 Å². The van der Waals surface area contributed by atoms with Gasteiger partial charge in [-0.15, -0.1) is 0 Å². The van der Waals surface area contributed by atoms with Gasteiger partial charge in [-0.3, -0.25) is 0 Å². The molecule has 1 saturated carbocycles. The fourth-order valence-electron chi connectivity index (χ4n) is 4.24. The number of rotatable bonds is 3. The van der Waals surface area contributed by atoms with Gasteiger partial charge < -0.3 is 15.5 Å². The van der Waals surface area contributed by atoms with E-state index in [1.54, 1.807) is 0 Å². The summed E-state index contributed by atoms with van der Waals surface area (Å²) in [4.78, 5) is 16.4. The fraction of sp³-hybridized carbons (Fsp3) is 0.588. The fourth-order valence-corrected chi connectivity index (χ4v) is 4.24. The predicted octanol–water partition coefficient (Wildman–Crippen LogP) is 2.19. The molecule has 1 unspecified atom stereocenters. The molecule has 0 aromatic carbocycles. The van der Waals surface area contributed by atoms with Gasteiger partial charge in [-0.25, -0.2) is 4.98 Å². The number of aryl methyl sites for hydroxylation is 2. The summed E-state index contributed by atoms with van der Waals surface area (Å²) in [5, 5.41) is 7.78. The van der Waals surface area contributed by atoms with Gasteiger partial charge in [-0.1, -0.05) is 0 Å². The molecule has 0 amide bonds. The third kappa shape index (κ3) is 2.41. The number of hydrogen-bond acceptors (Lipinski definition) is 6. The number of anilines is 2. The molecule has 122 valence electrons. The Hall–Kier alpha value is -1.95. The van der Waals surface area contributed by atoms with E-state index in [0.717, 1.165) is 28.1 Å². The molecular formula is C17H24N6. The monoisotopic (exact) mass is 312 g/mol. The molecule has 1 aliphatic heterocycles. The van der Waals surface area contributed by atoms with Crippen molar-refractivity contribution in [3.63, 3.8) is 0 Å². The molecule has 0 radical (unpaired) electrons. The smallest absolute Gasteiger partial charge is 0.226 e. The Morgan fingerprint density at radius 1 is 1.17 bits per heavy atom. The van der Waals surface area contributed by atoms with Crippen molar-refractivity contribution in [3.8, 4) is 0 Å². The Kier molecular flexibility index (Phi) is 3.37. The first kappa shape index (κ1) is 14.6. The van der Waals surface area contributed by atoms with Crippen LogP contribution in [0.5, 0.6) is 0 Å². The molecule has 2 aliphatic rings. The number of hydrogen-bond donors (Lipinski definition) is 2. The van der Waals surface area contributed by atoms with E-state index in [1.165, 1.54) is 19.4 Å². The highest BCUT2D eigenvalue weighted by Gasteiger charge is 2.43. The molecule has 1 saturated heterocycles. The number of likely N-dealkylation sites (tertiary alicyclic amines) is 1. The minimum absolute atomic E-state index is 0.476. The highest BCUT2D eigenvalue weighted by Crippen LogP contribution is 2.38. The van der Waals surface area contributed by atoms with Gasteiger partial charge >= 0.3 is 0 Å². The lowest BCUT2D eigenvalue weighted by Gasteiger charge is -2.29. The second-order valence-corrected chi connectivity index (χ2v) is 7.00. The van der Waals surface area contributed by atoms with E-state index in [0.29, 0.717) is 23.9 Å². The van der Waals surface area contributed by atoms with E-state index in [-0.39, 0.29) is 0 Å². The Balaban J connectivity index is 1.68. The van der Waals surface area contributed by atoms with Crippen LogP contribution in [0.3, 0.4) is 0 Å². The Bertz CT molecular complexity index is 756. The zero-order valence-corrected chi connectivity index (χ0v) is 14.2. The van der Waals surface area contributed by atoms with Gasteiger partial charge in [0.1, 0.15) is 5.82 Å². The molecule has 3 atom stereocenters. The van der Waals surface area contributed by atoms with E-state index < -0.39 is 0 Å². The number of piperidine rings is 1. The Morgan fingerprint density at radius 3 is 2.65 bits per heavy atom. The molecule has 4 rings (SSSR count). The van der Waals surface area contributed by atoms with Gasteiger partial charge in [0, 0.05) is 31.4 Å². The van der Waals surface area contributed by atoms with Gasteiger partial charge in [-0.2, -0.15) is 9.97 Å². The summed E-state index contributed by atoms with van der Waals surface area (Å²) in [6.07, 6.45) is 2.47. The largest absolute Gasteiger partial charge is 0.372 e. The van der Waals surface area contributed by atoms with Crippen molar-refractivity contribution in [1.29, 1.82) is 0 Å². The van der Waals surface area contributed by atoms with Crippen LogP contribution in [0.2, 0.25) is 0 Å². The van der Waals surface area contributed by atoms with Crippen molar-refractivity contribution < 1.29 is 0 Å². The summed E-state index contributed by atoms with van der Waals surface area (Å²) in [5.41, 5.74) is 2.91. The standard InChI is InChI=1S/C17H24N6/c1-9-5-10(2)19-16-14(9)15(18-3)21-17(22-16)20-13-7-12-6-11(13)8-23(12)4/h5,11-13H,6-8H2,1-4H3,(H2,18,19,20,21,22)/t11-,12?,13+/m0/s1. The second-order valence-electron chi connectivity index (χ2n) is 7.00. The molecule has 2 aromatic heterocycles. The molecule has 2 aromatic rings. The van der Waals surface area contributed by atoms with Crippen LogP contribution in [0.25, 0.3) is 11.0 Å². The molecule has 0 spiro atoms. The molecule has 6 nitrogen and oxygen atoms in total. The average molecular weight is 312 g/mol. The molecule has 2 N–H and O–H groups in total.